The Morgan fingerprint density at radius 2 is 1.68 bits per heavy atom. The first-order chi connectivity index (χ1) is 17.8. The summed E-state index contributed by atoms with van der Waals surface area (Å²) in [6.45, 7) is 21.6. The van der Waals surface area contributed by atoms with Gasteiger partial charge in [0.05, 0.1) is 11.3 Å². The van der Waals surface area contributed by atoms with Crippen LogP contribution in [0, 0.1) is 11.8 Å². The van der Waals surface area contributed by atoms with Crippen molar-refractivity contribution >= 4 is 5.91 Å². The maximum atomic E-state index is 12.1. The molecule has 0 saturated heterocycles. The Balaban J connectivity index is 1.74. The third-order valence-electron chi connectivity index (χ3n) is 8.33. The first-order valence-electron chi connectivity index (χ1n) is 14.2. The Morgan fingerprint density at radius 1 is 1.03 bits per heavy atom. The highest BCUT2D eigenvalue weighted by Gasteiger charge is 2.34. The van der Waals surface area contributed by atoms with E-state index in [9.17, 15) is 4.79 Å². The molecule has 1 aromatic carbocycles. The topological polar surface area (TPSA) is 97.7 Å². The Labute approximate surface area is 229 Å². The number of nitrogens with zero attached hydrogens (tertiary/aromatic N) is 3. The number of carbonyl (C=O) groups is 1. The number of primary amides is 1. The second-order valence-electron chi connectivity index (χ2n) is 12.1. The van der Waals surface area contributed by atoms with Crippen molar-refractivity contribution in [2.75, 3.05) is 19.6 Å². The maximum absolute atomic E-state index is 12.1. The standard InChI is InChI=1S/C31H49N5O2/c1-20(2)31(33,21(3)4)18-28-27(30(32)37)11-12-29(34-28)38-26-10-9-25-19-35(14-13-24(25)17-26)15-16-36(22(5)6)23(7)8/h9-12,17,20-23H,13-16,18-19,33H2,1-8H3,(H2,32,37). The molecule has 0 radical (unpaired) electrons. The lowest BCUT2D eigenvalue weighted by Gasteiger charge is -2.38. The number of hydrogen-bond donors (Lipinski definition) is 2. The van der Waals surface area contributed by atoms with Crippen molar-refractivity contribution in [1.82, 2.24) is 14.8 Å². The minimum absolute atomic E-state index is 0.202. The van der Waals surface area contributed by atoms with Gasteiger partial charge in [-0.25, -0.2) is 4.98 Å². The third kappa shape index (κ3) is 7.13. The van der Waals surface area contributed by atoms with Gasteiger partial charge in [0.25, 0.3) is 5.91 Å². The second kappa shape index (κ2) is 12.6. The van der Waals surface area contributed by atoms with Gasteiger partial charge in [-0.1, -0.05) is 33.8 Å². The monoisotopic (exact) mass is 523 g/mol. The summed E-state index contributed by atoms with van der Waals surface area (Å²) in [5.74, 6) is 1.10. The Kier molecular flexibility index (Phi) is 9.96. The molecule has 210 valence electrons. The molecule has 7 heteroatoms. The van der Waals surface area contributed by atoms with Gasteiger partial charge in [-0.3, -0.25) is 14.6 Å². The van der Waals surface area contributed by atoms with E-state index in [0.29, 0.717) is 35.6 Å². The summed E-state index contributed by atoms with van der Waals surface area (Å²) in [5.41, 5.74) is 15.6. The summed E-state index contributed by atoms with van der Waals surface area (Å²) in [5, 5.41) is 0. The summed E-state index contributed by atoms with van der Waals surface area (Å²) in [6.07, 6.45) is 1.44. The van der Waals surface area contributed by atoms with E-state index in [-0.39, 0.29) is 11.8 Å². The number of ether oxygens (including phenoxy) is 1. The highest BCUT2D eigenvalue weighted by molar-refractivity contribution is 5.94. The van der Waals surface area contributed by atoms with Crippen molar-refractivity contribution in [2.45, 2.75) is 92.4 Å². The van der Waals surface area contributed by atoms with E-state index >= 15 is 0 Å². The van der Waals surface area contributed by atoms with E-state index in [4.69, 9.17) is 21.2 Å². The number of pyridine rings is 1. The van der Waals surface area contributed by atoms with E-state index in [1.807, 2.05) is 6.07 Å². The van der Waals surface area contributed by atoms with Crippen LogP contribution in [0.3, 0.4) is 0 Å². The fourth-order valence-corrected chi connectivity index (χ4v) is 5.59. The van der Waals surface area contributed by atoms with Crippen molar-refractivity contribution < 1.29 is 9.53 Å². The van der Waals surface area contributed by atoms with Crippen LogP contribution in [-0.2, 0) is 19.4 Å². The molecule has 1 amide bonds. The fourth-order valence-electron chi connectivity index (χ4n) is 5.59. The molecule has 2 heterocycles. The van der Waals surface area contributed by atoms with Gasteiger partial charge in [-0.15, -0.1) is 0 Å². The van der Waals surface area contributed by atoms with E-state index in [1.54, 1.807) is 12.1 Å². The van der Waals surface area contributed by atoms with Gasteiger partial charge in [0.2, 0.25) is 5.88 Å². The van der Waals surface area contributed by atoms with E-state index in [0.717, 1.165) is 38.3 Å². The molecule has 1 aliphatic heterocycles. The summed E-state index contributed by atoms with van der Waals surface area (Å²) in [7, 11) is 0. The molecule has 7 nitrogen and oxygen atoms in total. The summed E-state index contributed by atoms with van der Waals surface area (Å²) < 4.78 is 6.19. The zero-order chi connectivity index (χ0) is 28.2. The maximum Gasteiger partial charge on any atom is 0.250 e. The molecule has 0 unspecified atom stereocenters. The van der Waals surface area contributed by atoms with Gasteiger partial charge < -0.3 is 16.2 Å². The third-order valence-corrected chi connectivity index (χ3v) is 8.33. The number of hydrogen-bond acceptors (Lipinski definition) is 6. The molecule has 3 rings (SSSR count). The van der Waals surface area contributed by atoms with Crippen molar-refractivity contribution in [3.63, 3.8) is 0 Å². The fraction of sp³-hybridized carbons (Fsp3) is 0.613. The molecule has 0 spiro atoms. The van der Waals surface area contributed by atoms with Gasteiger partial charge in [-0.2, -0.15) is 0 Å². The number of amides is 1. The van der Waals surface area contributed by atoms with Crippen LogP contribution in [0.2, 0.25) is 0 Å². The molecule has 1 aliphatic rings. The van der Waals surface area contributed by atoms with Gasteiger partial charge in [0.15, 0.2) is 0 Å². The lowest BCUT2D eigenvalue weighted by molar-refractivity contribution is 0.0997. The van der Waals surface area contributed by atoms with Gasteiger partial charge in [-0.05, 0) is 75.3 Å². The molecule has 2 aromatic rings. The second-order valence-corrected chi connectivity index (χ2v) is 12.1. The van der Waals surface area contributed by atoms with Crippen LogP contribution in [0.25, 0.3) is 0 Å². The number of carbonyl (C=O) groups excluding carboxylic acids is 1. The quantitative estimate of drug-likeness (QED) is 0.406. The van der Waals surface area contributed by atoms with Crippen molar-refractivity contribution in [3.8, 4) is 11.6 Å². The highest BCUT2D eigenvalue weighted by Crippen LogP contribution is 2.31. The van der Waals surface area contributed by atoms with Crippen molar-refractivity contribution in [3.05, 3.63) is 52.7 Å². The van der Waals surface area contributed by atoms with Crippen molar-refractivity contribution in [1.29, 1.82) is 0 Å². The molecular formula is C31H49N5O2. The average molecular weight is 524 g/mol. The van der Waals surface area contributed by atoms with E-state index in [1.165, 1.54) is 11.1 Å². The van der Waals surface area contributed by atoms with Crippen LogP contribution in [0.4, 0.5) is 0 Å². The lowest BCUT2D eigenvalue weighted by Crippen LogP contribution is -2.52. The molecular weight excluding hydrogens is 474 g/mol. The van der Waals surface area contributed by atoms with Crippen LogP contribution in [0.15, 0.2) is 30.3 Å². The average Bonchev–Trinajstić information content (AvgIpc) is 2.83. The zero-order valence-electron chi connectivity index (χ0n) is 24.8. The Hall–Kier alpha value is -2.48. The van der Waals surface area contributed by atoms with Crippen LogP contribution >= 0.6 is 0 Å². The molecule has 0 saturated carbocycles. The SMILES string of the molecule is CC(C)N(CCN1CCc2cc(Oc3ccc(C(N)=O)c(CC(N)(C(C)C)C(C)C)n3)ccc2C1)C(C)C. The summed E-state index contributed by atoms with van der Waals surface area (Å²) in [4.78, 5) is 22.0. The zero-order valence-corrected chi connectivity index (χ0v) is 24.8. The Bertz CT molecular complexity index is 1080. The first-order valence-corrected chi connectivity index (χ1v) is 14.2. The summed E-state index contributed by atoms with van der Waals surface area (Å²) >= 11 is 0. The predicted octanol–water partition coefficient (Wildman–Crippen LogP) is 5.00. The summed E-state index contributed by atoms with van der Waals surface area (Å²) in [6, 6.07) is 10.8. The van der Waals surface area contributed by atoms with Crippen LogP contribution in [0.5, 0.6) is 11.6 Å². The number of fused-ring (bicyclic) bond motifs is 1. The van der Waals surface area contributed by atoms with Crippen LogP contribution < -0.4 is 16.2 Å². The number of rotatable bonds is 12. The normalized spacial score (nSPS) is 14.7. The van der Waals surface area contributed by atoms with Crippen LogP contribution in [0.1, 0.15) is 82.6 Å². The first kappa shape index (κ1) is 30.1. The molecule has 0 fully saturated rings. The molecule has 4 N–H and O–H groups in total. The number of nitrogens with two attached hydrogens (primary N) is 2. The highest BCUT2D eigenvalue weighted by atomic mass is 16.5. The molecule has 0 bridgehead atoms. The molecule has 0 aliphatic carbocycles. The van der Waals surface area contributed by atoms with E-state index in [2.05, 4.69) is 77.3 Å². The smallest absolute Gasteiger partial charge is 0.250 e. The molecule has 0 atom stereocenters. The van der Waals surface area contributed by atoms with Gasteiger partial charge >= 0.3 is 0 Å². The molecule has 38 heavy (non-hydrogen) atoms. The largest absolute Gasteiger partial charge is 0.439 e. The van der Waals surface area contributed by atoms with Gasteiger partial charge in [0.1, 0.15) is 5.75 Å². The lowest BCUT2D eigenvalue weighted by atomic mass is 9.74. The van der Waals surface area contributed by atoms with Crippen LogP contribution in [-0.4, -0.2) is 57.9 Å². The minimum Gasteiger partial charge on any atom is -0.439 e. The Morgan fingerprint density at radius 3 is 2.26 bits per heavy atom. The predicted molar refractivity (Wildman–Crippen MR) is 156 cm³/mol. The van der Waals surface area contributed by atoms with Gasteiger partial charge in [0, 0.05) is 56.3 Å². The van der Waals surface area contributed by atoms with Crippen molar-refractivity contribution in [2.24, 2.45) is 23.3 Å². The number of aromatic nitrogens is 1. The molecule has 1 aromatic heterocycles. The number of benzene rings is 1. The minimum atomic E-state index is -0.519. The van der Waals surface area contributed by atoms with E-state index < -0.39 is 11.4 Å².